The second-order valence-corrected chi connectivity index (χ2v) is 3.90. The molecular formula is C8H5NO2S2. The van der Waals surface area contributed by atoms with Gasteiger partial charge in [-0.15, -0.1) is 15.7 Å². The number of hydrogen-bond acceptors (Lipinski definition) is 5. The van der Waals surface area contributed by atoms with Crippen molar-refractivity contribution in [1.82, 2.24) is 4.37 Å². The first-order valence-electron chi connectivity index (χ1n) is 3.53. The molecule has 0 spiro atoms. The van der Waals surface area contributed by atoms with Gasteiger partial charge in [0, 0.05) is 11.0 Å². The maximum absolute atomic E-state index is 10.6. The lowest BCUT2D eigenvalue weighted by atomic mass is 10.4. The Morgan fingerprint density at radius 3 is 3.00 bits per heavy atom. The Kier molecular flexibility index (Phi) is 2.37. The zero-order chi connectivity index (χ0) is 9.10. The lowest BCUT2D eigenvalue weighted by Crippen LogP contribution is -1.80. The highest BCUT2D eigenvalue weighted by molar-refractivity contribution is 7.10. The van der Waals surface area contributed by atoms with E-state index in [1.807, 2.05) is 23.6 Å². The van der Waals surface area contributed by atoms with Gasteiger partial charge in [0.15, 0.2) is 0 Å². The Morgan fingerprint density at radius 2 is 2.38 bits per heavy atom. The Morgan fingerprint density at radius 1 is 1.46 bits per heavy atom. The van der Waals surface area contributed by atoms with Gasteiger partial charge < -0.3 is 4.42 Å². The Bertz CT molecular complexity index is 452. The maximum atomic E-state index is 10.6. The van der Waals surface area contributed by atoms with Crippen LogP contribution in [-0.2, 0) is 0 Å². The Hall–Kier alpha value is -1.20. The largest absolute Gasteiger partial charge is 0.414 e. The van der Waals surface area contributed by atoms with E-state index in [1.54, 1.807) is 17.4 Å². The second kappa shape index (κ2) is 3.68. The fourth-order valence-corrected chi connectivity index (χ4v) is 1.81. The Labute approximate surface area is 82.1 Å². The third-order valence-corrected chi connectivity index (χ3v) is 2.67. The van der Waals surface area contributed by atoms with E-state index in [9.17, 15) is 4.79 Å². The monoisotopic (exact) mass is 211 g/mol. The van der Waals surface area contributed by atoms with Crippen LogP contribution in [0.15, 0.2) is 26.7 Å². The molecular weight excluding hydrogens is 206 g/mol. The summed E-state index contributed by atoms with van der Waals surface area (Å²) in [5.41, 5.74) is 0. The third kappa shape index (κ3) is 2.13. The molecule has 5 heteroatoms. The molecule has 2 aromatic rings. The molecule has 2 heterocycles. The fourth-order valence-electron chi connectivity index (χ4n) is 0.809. The van der Waals surface area contributed by atoms with Gasteiger partial charge in [0.05, 0.1) is 11.5 Å². The van der Waals surface area contributed by atoms with Crippen molar-refractivity contribution in [3.63, 3.8) is 0 Å². The molecule has 0 N–H and O–H groups in total. The van der Waals surface area contributed by atoms with Gasteiger partial charge in [0.2, 0.25) is 5.89 Å². The molecule has 0 atom stereocenters. The van der Waals surface area contributed by atoms with Crippen LogP contribution in [0.4, 0.5) is 0 Å². The van der Waals surface area contributed by atoms with E-state index in [0.717, 1.165) is 16.4 Å². The molecule has 0 bridgehead atoms. The van der Waals surface area contributed by atoms with Crippen LogP contribution in [0.5, 0.6) is 0 Å². The third-order valence-electron chi connectivity index (χ3n) is 1.33. The van der Waals surface area contributed by atoms with Gasteiger partial charge >= 0.3 is 4.94 Å². The molecule has 0 saturated heterocycles. The average molecular weight is 211 g/mol. The molecule has 0 aliphatic rings. The minimum Gasteiger partial charge on any atom is -0.395 e. The summed E-state index contributed by atoms with van der Waals surface area (Å²) in [6, 6.07) is 3.94. The number of rotatable bonds is 2. The van der Waals surface area contributed by atoms with E-state index in [2.05, 4.69) is 4.37 Å². The van der Waals surface area contributed by atoms with Gasteiger partial charge in [0.1, 0.15) is 0 Å². The van der Waals surface area contributed by atoms with Crippen LogP contribution in [0, 0.1) is 0 Å². The zero-order valence-electron chi connectivity index (χ0n) is 6.47. The molecule has 0 amide bonds. The summed E-state index contributed by atoms with van der Waals surface area (Å²) >= 11 is 2.44. The van der Waals surface area contributed by atoms with Crippen LogP contribution in [-0.4, -0.2) is 4.37 Å². The molecule has 2 rings (SSSR count). The molecule has 66 valence electrons. The number of thiophene rings is 1. The highest BCUT2D eigenvalue weighted by Crippen LogP contribution is 2.12. The molecule has 0 aromatic carbocycles. The van der Waals surface area contributed by atoms with Gasteiger partial charge in [-0.05, 0) is 17.5 Å². The molecule has 0 fully saturated rings. The van der Waals surface area contributed by atoms with Crippen LogP contribution in [0.25, 0.3) is 12.2 Å². The summed E-state index contributed by atoms with van der Waals surface area (Å²) in [6.07, 6.45) is 3.55. The summed E-state index contributed by atoms with van der Waals surface area (Å²) in [5.74, 6) is 0.364. The molecule has 3 nitrogen and oxygen atoms in total. The van der Waals surface area contributed by atoms with Gasteiger partial charge in [-0.2, -0.15) is 0 Å². The van der Waals surface area contributed by atoms with Crippen molar-refractivity contribution < 1.29 is 4.42 Å². The van der Waals surface area contributed by atoms with Crippen molar-refractivity contribution in [2.45, 2.75) is 0 Å². The summed E-state index contributed by atoms with van der Waals surface area (Å²) in [6.45, 7) is 0. The first-order valence-corrected chi connectivity index (χ1v) is 5.18. The summed E-state index contributed by atoms with van der Waals surface area (Å²) in [4.78, 5) is 11.3. The van der Waals surface area contributed by atoms with E-state index in [1.165, 1.54) is 0 Å². The summed E-state index contributed by atoms with van der Waals surface area (Å²) in [5, 5.41) is 1.98. The molecule has 13 heavy (non-hydrogen) atoms. The van der Waals surface area contributed by atoms with Gasteiger partial charge in [-0.3, -0.25) is 0 Å². The molecule has 0 saturated carbocycles. The number of aromatic nitrogens is 1. The lowest BCUT2D eigenvalue weighted by molar-refractivity contribution is 0.516. The molecule has 0 aliphatic heterocycles. The van der Waals surface area contributed by atoms with Crippen molar-refractivity contribution in [3.05, 3.63) is 38.0 Å². The molecule has 0 aliphatic carbocycles. The predicted molar refractivity (Wildman–Crippen MR) is 53.9 cm³/mol. The lowest BCUT2D eigenvalue weighted by Gasteiger charge is -1.80. The van der Waals surface area contributed by atoms with E-state index >= 15 is 0 Å². The SMILES string of the molecule is O=c1oc(/C=C/c2cccs2)ns1. The quantitative estimate of drug-likeness (QED) is 0.765. The van der Waals surface area contributed by atoms with Crippen molar-refractivity contribution >= 4 is 35.0 Å². The van der Waals surface area contributed by atoms with Crippen LogP contribution < -0.4 is 4.94 Å². The maximum Gasteiger partial charge on any atom is 0.414 e. The van der Waals surface area contributed by atoms with Gasteiger partial charge in [-0.25, -0.2) is 4.79 Å². The topological polar surface area (TPSA) is 43.1 Å². The fraction of sp³-hybridized carbons (Fsp3) is 0. The molecule has 0 unspecified atom stereocenters. The zero-order valence-corrected chi connectivity index (χ0v) is 8.10. The van der Waals surface area contributed by atoms with Crippen LogP contribution in [0.3, 0.4) is 0 Å². The predicted octanol–water partition coefficient (Wildman–Crippen LogP) is 2.33. The van der Waals surface area contributed by atoms with Crippen molar-refractivity contribution in [2.24, 2.45) is 0 Å². The minimum atomic E-state index is -0.370. The Balaban J connectivity index is 2.19. The van der Waals surface area contributed by atoms with E-state index in [0.29, 0.717) is 5.89 Å². The minimum absolute atomic E-state index is 0.364. The smallest absolute Gasteiger partial charge is 0.395 e. The van der Waals surface area contributed by atoms with Crippen molar-refractivity contribution in [3.8, 4) is 0 Å². The van der Waals surface area contributed by atoms with Crippen molar-refractivity contribution in [1.29, 1.82) is 0 Å². The van der Waals surface area contributed by atoms with E-state index in [-0.39, 0.29) is 4.94 Å². The second-order valence-electron chi connectivity index (χ2n) is 2.22. The highest BCUT2D eigenvalue weighted by Gasteiger charge is 1.95. The first kappa shape index (κ1) is 8.40. The number of nitrogens with zero attached hydrogens (tertiary/aromatic N) is 1. The summed E-state index contributed by atoms with van der Waals surface area (Å²) in [7, 11) is 0. The van der Waals surface area contributed by atoms with E-state index in [4.69, 9.17) is 4.42 Å². The van der Waals surface area contributed by atoms with E-state index < -0.39 is 0 Å². The summed E-state index contributed by atoms with van der Waals surface area (Å²) < 4.78 is 8.55. The highest BCUT2D eigenvalue weighted by atomic mass is 32.1. The van der Waals surface area contributed by atoms with Crippen molar-refractivity contribution in [2.75, 3.05) is 0 Å². The van der Waals surface area contributed by atoms with Gasteiger partial charge in [0.25, 0.3) is 0 Å². The van der Waals surface area contributed by atoms with Gasteiger partial charge in [-0.1, -0.05) is 6.07 Å². The normalized spacial score (nSPS) is 11.1. The molecule has 0 radical (unpaired) electrons. The van der Waals surface area contributed by atoms with Crippen LogP contribution >= 0.6 is 22.9 Å². The van der Waals surface area contributed by atoms with Crippen LogP contribution in [0.2, 0.25) is 0 Å². The number of hydrogen-bond donors (Lipinski definition) is 0. The average Bonchev–Trinajstić information content (AvgIpc) is 2.71. The van der Waals surface area contributed by atoms with Crippen LogP contribution in [0.1, 0.15) is 10.8 Å². The first-order chi connectivity index (χ1) is 6.34. The standard InChI is InChI=1S/C8H5NO2S2/c10-8-11-7(9-13-8)4-3-6-2-1-5-12-6/h1-5H/b4-3+. The molecule has 2 aromatic heterocycles.